The third-order valence-electron chi connectivity index (χ3n) is 2.77. The van der Waals surface area contributed by atoms with Gasteiger partial charge in [0.1, 0.15) is 6.54 Å². The number of carboxylic acid groups (broad SMARTS) is 1. The average molecular weight is 328 g/mol. The van der Waals surface area contributed by atoms with Crippen LogP contribution in [0.2, 0.25) is 0 Å². The molecular formula is C14H18BrNO3. The average Bonchev–Trinajstić information content (AvgIpc) is 2.23. The molecule has 0 fully saturated rings. The van der Waals surface area contributed by atoms with Gasteiger partial charge in [-0.25, -0.2) is 0 Å². The monoisotopic (exact) mass is 327 g/mol. The Hall–Kier alpha value is -1.36. The van der Waals surface area contributed by atoms with Crippen LogP contribution in [0, 0.1) is 6.92 Å². The van der Waals surface area contributed by atoms with Gasteiger partial charge >= 0.3 is 5.97 Å². The highest BCUT2D eigenvalue weighted by Crippen LogP contribution is 2.21. The van der Waals surface area contributed by atoms with Crippen LogP contribution in [0.3, 0.4) is 0 Å². The molecule has 1 aromatic rings. The Morgan fingerprint density at radius 2 is 1.89 bits per heavy atom. The number of aliphatic carboxylic acids is 1. The van der Waals surface area contributed by atoms with Gasteiger partial charge in [-0.3, -0.25) is 9.59 Å². The minimum atomic E-state index is -1.02. The Labute approximate surface area is 121 Å². The molecule has 0 saturated carbocycles. The molecule has 104 valence electrons. The van der Waals surface area contributed by atoms with Crippen LogP contribution in [0.1, 0.15) is 36.7 Å². The zero-order chi connectivity index (χ0) is 14.8. The molecule has 0 bridgehead atoms. The summed E-state index contributed by atoms with van der Waals surface area (Å²) in [7, 11) is 0. The Balaban J connectivity index is 3.16. The van der Waals surface area contributed by atoms with E-state index < -0.39 is 11.5 Å². The van der Waals surface area contributed by atoms with Crippen LogP contribution in [0.15, 0.2) is 22.7 Å². The maximum atomic E-state index is 12.5. The van der Waals surface area contributed by atoms with Crippen molar-refractivity contribution in [2.45, 2.75) is 33.2 Å². The molecule has 0 aliphatic heterocycles. The third-order valence-corrected chi connectivity index (χ3v) is 3.26. The van der Waals surface area contributed by atoms with E-state index in [-0.39, 0.29) is 12.5 Å². The fourth-order valence-electron chi connectivity index (χ4n) is 1.76. The first-order valence-electron chi connectivity index (χ1n) is 5.93. The minimum Gasteiger partial charge on any atom is -0.480 e. The lowest BCUT2D eigenvalue weighted by Crippen LogP contribution is -2.48. The second-order valence-electron chi connectivity index (χ2n) is 5.42. The number of hydrogen-bond acceptors (Lipinski definition) is 2. The van der Waals surface area contributed by atoms with Crippen molar-refractivity contribution in [1.29, 1.82) is 0 Å². The summed E-state index contributed by atoms with van der Waals surface area (Å²) >= 11 is 3.34. The number of hydrogen-bond donors (Lipinski definition) is 1. The van der Waals surface area contributed by atoms with Gasteiger partial charge in [0.15, 0.2) is 0 Å². The van der Waals surface area contributed by atoms with Crippen LogP contribution in [-0.2, 0) is 4.79 Å². The van der Waals surface area contributed by atoms with Crippen LogP contribution in [0.4, 0.5) is 0 Å². The normalized spacial score (nSPS) is 11.2. The van der Waals surface area contributed by atoms with Gasteiger partial charge in [0.2, 0.25) is 0 Å². The predicted octanol–water partition coefficient (Wildman–Crippen LogP) is 3.08. The molecule has 1 amide bonds. The van der Waals surface area contributed by atoms with Crippen molar-refractivity contribution in [3.8, 4) is 0 Å². The number of halogens is 1. The molecule has 0 aromatic heterocycles. The first-order chi connectivity index (χ1) is 8.62. The lowest BCUT2D eigenvalue weighted by Gasteiger charge is -2.34. The van der Waals surface area contributed by atoms with E-state index in [4.69, 9.17) is 5.11 Å². The van der Waals surface area contributed by atoms with Crippen molar-refractivity contribution < 1.29 is 14.7 Å². The van der Waals surface area contributed by atoms with Crippen LogP contribution in [-0.4, -0.2) is 34.0 Å². The van der Waals surface area contributed by atoms with Crippen molar-refractivity contribution in [3.63, 3.8) is 0 Å². The first-order valence-corrected chi connectivity index (χ1v) is 6.72. The van der Waals surface area contributed by atoms with E-state index in [1.54, 1.807) is 12.1 Å². The number of carboxylic acids is 1. The van der Waals surface area contributed by atoms with E-state index in [0.29, 0.717) is 5.56 Å². The van der Waals surface area contributed by atoms with Gasteiger partial charge < -0.3 is 10.0 Å². The molecule has 1 aromatic carbocycles. The number of benzene rings is 1. The smallest absolute Gasteiger partial charge is 0.323 e. The fourth-order valence-corrected chi connectivity index (χ4v) is 2.24. The molecule has 0 saturated heterocycles. The van der Waals surface area contributed by atoms with Gasteiger partial charge in [0.25, 0.3) is 5.91 Å². The van der Waals surface area contributed by atoms with Crippen LogP contribution < -0.4 is 0 Å². The predicted molar refractivity (Wildman–Crippen MR) is 77.3 cm³/mol. The summed E-state index contributed by atoms with van der Waals surface area (Å²) in [5, 5.41) is 8.96. The molecule has 0 atom stereocenters. The number of amides is 1. The zero-order valence-corrected chi connectivity index (χ0v) is 13.1. The topological polar surface area (TPSA) is 57.6 Å². The van der Waals surface area contributed by atoms with Crippen molar-refractivity contribution in [2.24, 2.45) is 0 Å². The number of rotatable bonds is 3. The van der Waals surface area contributed by atoms with Crippen molar-refractivity contribution >= 4 is 27.8 Å². The highest BCUT2D eigenvalue weighted by atomic mass is 79.9. The zero-order valence-electron chi connectivity index (χ0n) is 11.5. The van der Waals surface area contributed by atoms with Gasteiger partial charge in [-0.15, -0.1) is 0 Å². The Morgan fingerprint density at radius 1 is 1.32 bits per heavy atom. The molecule has 0 unspecified atom stereocenters. The lowest BCUT2D eigenvalue weighted by molar-refractivity contribution is -0.138. The summed E-state index contributed by atoms with van der Waals surface area (Å²) in [5.41, 5.74) is 0.799. The third kappa shape index (κ3) is 4.06. The van der Waals surface area contributed by atoms with E-state index in [1.165, 1.54) is 4.90 Å². The first kappa shape index (κ1) is 15.7. The van der Waals surface area contributed by atoms with Gasteiger partial charge in [-0.05, 0) is 51.5 Å². The molecule has 0 radical (unpaired) electrons. The SMILES string of the molecule is Cc1cc(Br)ccc1C(=O)N(CC(=O)O)C(C)(C)C. The van der Waals surface area contributed by atoms with Gasteiger partial charge in [0.05, 0.1) is 0 Å². The summed E-state index contributed by atoms with van der Waals surface area (Å²) in [6, 6.07) is 5.33. The van der Waals surface area contributed by atoms with Crippen molar-refractivity contribution in [2.75, 3.05) is 6.54 Å². The van der Waals surface area contributed by atoms with Gasteiger partial charge in [0, 0.05) is 15.6 Å². The number of nitrogens with zero attached hydrogens (tertiary/aromatic N) is 1. The number of aryl methyl sites for hydroxylation is 1. The molecule has 1 N–H and O–H groups in total. The molecule has 0 aliphatic rings. The van der Waals surface area contributed by atoms with E-state index in [2.05, 4.69) is 15.9 Å². The second kappa shape index (κ2) is 5.74. The van der Waals surface area contributed by atoms with Gasteiger partial charge in [-0.1, -0.05) is 15.9 Å². The standard InChI is InChI=1S/C14H18BrNO3/c1-9-7-10(15)5-6-11(9)13(19)16(8-12(17)18)14(2,3)4/h5-7H,8H2,1-4H3,(H,17,18). The molecule has 0 aliphatic carbocycles. The summed E-state index contributed by atoms with van der Waals surface area (Å²) < 4.78 is 0.891. The van der Waals surface area contributed by atoms with Crippen LogP contribution >= 0.6 is 15.9 Å². The van der Waals surface area contributed by atoms with Crippen LogP contribution in [0.5, 0.6) is 0 Å². The lowest BCUT2D eigenvalue weighted by atomic mass is 10.0. The molecule has 0 heterocycles. The molecule has 5 heteroatoms. The van der Waals surface area contributed by atoms with Crippen LogP contribution in [0.25, 0.3) is 0 Å². The van der Waals surface area contributed by atoms with Crippen molar-refractivity contribution in [1.82, 2.24) is 4.90 Å². The van der Waals surface area contributed by atoms with Crippen molar-refractivity contribution in [3.05, 3.63) is 33.8 Å². The second-order valence-corrected chi connectivity index (χ2v) is 6.33. The number of carbonyl (C=O) groups excluding carboxylic acids is 1. The minimum absolute atomic E-state index is 0.264. The Morgan fingerprint density at radius 3 is 2.32 bits per heavy atom. The van der Waals surface area contributed by atoms with E-state index >= 15 is 0 Å². The molecule has 19 heavy (non-hydrogen) atoms. The van der Waals surface area contributed by atoms with E-state index in [9.17, 15) is 9.59 Å². The number of carbonyl (C=O) groups is 2. The quantitative estimate of drug-likeness (QED) is 0.928. The highest BCUT2D eigenvalue weighted by Gasteiger charge is 2.29. The summed E-state index contributed by atoms with van der Waals surface area (Å²) in [6.45, 7) is 6.99. The largest absolute Gasteiger partial charge is 0.480 e. The van der Waals surface area contributed by atoms with E-state index in [0.717, 1.165) is 10.0 Å². The van der Waals surface area contributed by atoms with E-state index in [1.807, 2.05) is 33.8 Å². The molecule has 1 rings (SSSR count). The maximum absolute atomic E-state index is 12.5. The highest BCUT2D eigenvalue weighted by molar-refractivity contribution is 9.10. The summed E-state index contributed by atoms with van der Waals surface area (Å²) in [4.78, 5) is 24.8. The Bertz CT molecular complexity index is 506. The molecule has 4 nitrogen and oxygen atoms in total. The maximum Gasteiger partial charge on any atom is 0.323 e. The summed E-state index contributed by atoms with van der Waals surface area (Å²) in [5.74, 6) is -1.28. The molecule has 0 spiro atoms. The molecular weight excluding hydrogens is 310 g/mol. The fraction of sp³-hybridized carbons (Fsp3) is 0.429. The van der Waals surface area contributed by atoms with Gasteiger partial charge in [-0.2, -0.15) is 0 Å². The Kier molecular flexibility index (Phi) is 4.74. The summed E-state index contributed by atoms with van der Waals surface area (Å²) in [6.07, 6.45) is 0.